The first-order valence-electron chi connectivity index (χ1n) is 5.62. The van der Waals surface area contributed by atoms with E-state index in [1.165, 1.54) is 16.7 Å². The monoisotopic (exact) mass is 211 g/mol. The van der Waals surface area contributed by atoms with Crippen molar-refractivity contribution in [3.05, 3.63) is 71.6 Å². The second-order valence-corrected chi connectivity index (χ2v) is 4.21. The zero-order valence-electron chi connectivity index (χ0n) is 9.66. The summed E-state index contributed by atoms with van der Waals surface area (Å²) in [4.78, 5) is 0. The number of nitrogens with one attached hydrogen (secondary N) is 1. The second kappa shape index (κ2) is 4.84. The van der Waals surface area contributed by atoms with Crippen molar-refractivity contribution < 1.29 is 0 Å². The molecule has 1 heterocycles. The maximum Gasteiger partial charge on any atom is 0.0309 e. The molecule has 1 N–H and O–H groups in total. The quantitative estimate of drug-likeness (QED) is 0.807. The van der Waals surface area contributed by atoms with Gasteiger partial charge in [-0.1, -0.05) is 36.4 Å². The summed E-state index contributed by atoms with van der Waals surface area (Å²) in [6, 6.07) is 8.74. The maximum absolute atomic E-state index is 3.89. The highest BCUT2D eigenvalue weighted by molar-refractivity contribution is 5.33. The fourth-order valence-corrected chi connectivity index (χ4v) is 1.77. The fourth-order valence-electron chi connectivity index (χ4n) is 1.77. The fraction of sp³-hybridized carbons (Fsp3) is 0.200. The van der Waals surface area contributed by atoms with Gasteiger partial charge in [-0.3, -0.25) is 0 Å². The van der Waals surface area contributed by atoms with Crippen LogP contribution in [0.3, 0.4) is 0 Å². The van der Waals surface area contributed by atoms with Crippen LogP contribution in [0.1, 0.15) is 17.5 Å². The number of benzene rings is 1. The molecule has 0 spiro atoms. The highest BCUT2D eigenvalue weighted by Crippen LogP contribution is 2.14. The molecular formula is C15H17N. The minimum Gasteiger partial charge on any atom is -0.362 e. The number of aryl methyl sites for hydroxylation is 2. The summed E-state index contributed by atoms with van der Waals surface area (Å²) in [5.41, 5.74) is 5.02. The Kier molecular flexibility index (Phi) is 3.25. The van der Waals surface area contributed by atoms with Crippen LogP contribution in [0.25, 0.3) is 0 Å². The molecule has 0 atom stereocenters. The number of allylic oxidation sites excluding steroid dienone is 3. The Labute approximate surface area is 97.2 Å². The van der Waals surface area contributed by atoms with Crippen LogP contribution in [-0.2, 0) is 6.42 Å². The lowest BCUT2D eigenvalue weighted by atomic mass is 10.0. The first-order valence-corrected chi connectivity index (χ1v) is 5.62. The lowest BCUT2D eigenvalue weighted by Gasteiger charge is -2.10. The van der Waals surface area contributed by atoms with Crippen LogP contribution in [0.2, 0.25) is 0 Å². The van der Waals surface area contributed by atoms with Crippen molar-refractivity contribution >= 4 is 0 Å². The summed E-state index contributed by atoms with van der Waals surface area (Å²) in [5.74, 6) is 0. The van der Waals surface area contributed by atoms with E-state index in [1.807, 2.05) is 6.20 Å². The molecular weight excluding hydrogens is 194 g/mol. The van der Waals surface area contributed by atoms with Gasteiger partial charge < -0.3 is 5.32 Å². The van der Waals surface area contributed by atoms with Crippen molar-refractivity contribution in [1.29, 1.82) is 0 Å². The van der Waals surface area contributed by atoms with Crippen LogP contribution >= 0.6 is 0 Å². The molecule has 1 nitrogen and oxygen atoms in total. The van der Waals surface area contributed by atoms with E-state index in [4.69, 9.17) is 0 Å². The molecule has 0 bridgehead atoms. The number of dihydropyridines is 1. The van der Waals surface area contributed by atoms with Crippen LogP contribution < -0.4 is 5.32 Å². The lowest BCUT2D eigenvalue weighted by molar-refractivity contribution is 0.942. The van der Waals surface area contributed by atoms with Gasteiger partial charge in [0, 0.05) is 11.9 Å². The standard InChI is InChI=1S/C15H17N/c1-12-3-5-14(6-4-12)7-8-15-9-10-16-13(2)11-15/h3-6,9-11,16H,2,7-8H2,1H3. The summed E-state index contributed by atoms with van der Waals surface area (Å²) in [7, 11) is 0. The minimum absolute atomic E-state index is 0.974. The largest absolute Gasteiger partial charge is 0.362 e. The normalized spacial score (nSPS) is 14.6. The van der Waals surface area contributed by atoms with Crippen LogP contribution in [0.15, 0.2) is 60.5 Å². The molecule has 1 aromatic carbocycles. The highest BCUT2D eigenvalue weighted by Gasteiger charge is 2.00. The van der Waals surface area contributed by atoms with Crippen molar-refractivity contribution in [2.24, 2.45) is 0 Å². The zero-order valence-corrected chi connectivity index (χ0v) is 9.66. The molecule has 1 aliphatic rings. The topological polar surface area (TPSA) is 12.0 Å². The Morgan fingerprint density at radius 1 is 1.12 bits per heavy atom. The minimum atomic E-state index is 0.974. The summed E-state index contributed by atoms with van der Waals surface area (Å²) in [6.07, 6.45) is 8.33. The molecule has 0 fully saturated rings. The first kappa shape index (κ1) is 10.7. The Bertz CT molecular complexity index is 435. The number of rotatable bonds is 3. The molecule has 1 heteroatoms. The molecule has 0 unspecified atom stereocenters. The average Bonchev–Trinajstić information content (AvgIpc) is 2.28. The summed E-state index contributed by atoms with van der Waals surface area (Å²) < 4.78 is 0. The summed E-state index contributed by atoms with van der Waals surface area (Å²) >= 11 is 0. The lowest BCUT2D eigenvalue weighted by Crippen LogP contribution is -2.06. The van der Waals surface area contributed by atoms with Crippen molar-refractivity contribution in [2.45, 2.75) is 19.8 Å². The van der Waals surface area contributed by atoms with Gasteiger partial charge in [-0.15, -0.1) is 0 Å². The SMILES string of the molecule is C=C1C=C(CCc2ccc(C)cc2)C=CN1. The smallest absolute Gasteiger partial charge is 0.0309 e. The molecule has 1 aliphatic heterocycles. The van der Waals surface area contributed by atoms with Crippen LogP contribution in [0, 0.1) is 6.92 Å². The third kappa shape index (κ3) is 2.86. The molecule has 0 radical (unpaired) electrons. The Hall–Kier alpha value is -1.76. The average molecular weight is 211 g/mol. The zero-order chi connectivity index (χ0) is 11.4. The van der Waals surface area contributed by atoms with Crippen molar-refractivity contribution in [3.63, 3.8) is 0 Å². The number of hydrogen-bond donors (Lipinski definition) is 1. The Morgan fingerprint density at radius 2 is 1.88 bits per heavy atom. The molecule has 0 amide bonds. The van der Waals surface area contributed by atoms with Crippen LogP contribution in [-0.4, -0.2) is 0 Å². The van der Waals surface area contributed by atoms with Gasteiger partial charge in [-0.25, -0.2) is 0 Å². The van der Waals surface area contributed by atoms with E-state index < -0.39 is 0 Å². The molecule has 0 aromatic heterocycles. The van der Waals surface area contributed by atoms with Gasteiger partial charge in [-0.2, -0.15) is 0 Å². The molecule has 2 rings (SSSR count). The molecule has 0 saturated heterocycles. The van der Waals surface area contributed by atoms with Gasteiger partial charge in [-0.05, 0) is 43.1 Å². The third-order valence-electron chi connectivity index (χ3n) is 2.75. The van der Waals surface area contributed by atoms with Crippen LogP contribution in [0.4, 0.5) is 0 Å². The molecule has 16 heavy (non-hydrogen) atoms. The predicted octanol–water partition coefficient (Wildman–Crippen LogP) is 3.48. The molecule has 0 saturated carbocycles. The van der Waals surface area contributed by atoms with E-state index >= 15 is 0 Å². The van der Waals surface area contributed by atoms with E-state index in [2.05, 4.69) is 55.2 Å². The van der Waals surface area contributed by atoms with E-state index in [9.17, 15) is 0 Å². The van der Waals surface area contributed by atoms with E-state index in [1.54, 1.807) is 0 Å². The third-order valence-corrected chi connectivity index (χ3v) is 2.75. The van der Waals surface area contributed by atoms with Crippen molar-refractivity contribution in [2.75, 3.05) is 0 Å². The van der Waals surface area contributed by atoms with Crippen molar-refractivity contribution in [3.8, 4) is 0 Å². The highest BCUT2D eigenvalue weighted by atomic mass is 14.8. The van der Waals surface area contributed by atoms with Gasteiger partial charge in [0.05, 0.1) is 0 Å². The summed E-state index contributed by atoms with van der Waals surface area (Å²) in [5, 5.41) is 3.07. The van der Waals surface area contributed by atoms with E-state index in [0.29, 0.717) is 0 Å². The van der Waals surface area contributed by atoms with Crippen LogP contribution in [0.5, 0.6) is 0 Å². The van der Waals surface area contributed by atoms with Gasteiger partial charge >= 0.3 is 0 Å². The Balaban J connectivity index is 1.95. The van der Waals surface area contributed by atoms with Gasteiger partial charge in [0.1, 0.15) is 0 Å². The second-order valence-electron chi connectivity index (χ2n) is 4.21. The Morgan fingerprint density at radius 3 is 2.56 bits per heavy atom. The summed E-state index contributed by atoms with van der Waals surface area (Å²) in [6.45, 7) is 6.01. The predicted molar refractivity (Wildman–Crippen MR) is 69.0 cm³/mol. The number of hydrogen-bond acceptors (Lipinski definition) is 1. The first-order chi connectivity index (χ1) is 7.74. The van der Waals surface area contributed by atoms with Crippen molar-refractivity contribution in [1.82, 2.24) is 5.32 Å². The van der Waals surface area contributed by atoms with Gasteiger partial charge in [0.2, 0.25) is 0 Å². The maximum atomic E-state index is 3.89. The molecule has 82 valence electrons. The molecule has 0 aliphatic carbocycles. The van der Waals surface area contributed by atoms with Gasteiger partial charge in [0.25, 0.3) is 0 Å². The molecule has 1 aromatic rings. The van der Waals surface area contributed by atoms with E-state index in [0.717, 1.165) is 18.5 Å². The van der Waals surface area contributed by atoms with E-state index in [-0.39, 0.29) is 0 Å². The van der Waals surface area contributed by atoms with Gasteiger partial charge in [0.15, 0.2) is 0 Å².